The zero-order chi connectivity index (χ0) is 16.2. The summed E-state index contributed by atoms with van der Waals surface area (Å²) in [5, 5.41) is 4.26. The van der Waals surface area contributed by atoms with Crippen LogP contribution < -0.4 is 4.90 Å². The lowest BCUT2D eigenvalue weighted by Crippen LogP contribution is -2.46. The molecule has 0 amide bonds. The van der Waals surface area contributed by atoms with E-state index in [1.807, 2.05) is 23.1 Å². The molecule has 1 fully saturated rings. The first-order chi connectivity index (χ1) is 11.9. The highest BCUT2D eigenvalue weighted by molar-refractivity contribution is 5.36. The second-order valence-corrected chi connectivity index (χ2v) is 5.94. The number of hydrogen-bond acceptors (Lipinski definition) is 5. The highest BCUT2D eigenvalue weighted by atomic mass is 15.3. The zero-order valence-electron chi connectivity index (χ0n) is 13.5. The van der Waals surface area contributed by atoms with Crippen LogP contribution in [0.25, 0.3) is 5.69 Å². The molecule has 0 saturated carbocycles. The van der Waals surface area contributed by atoms with Gasteiger partial charge in [0, 0.05) is 57.5 Å². The maximum Gasteiger partial charge on any atom is 0.147 e. The third-order valence-electron chi connectivity index (χ3n) is 4.36. The molecule has 0 bridgehead atoms. The molecule has 1 saturated heterocycles. The topological polar surface area (TPSA) is 50.1 Å². The van der Waals surface area contributed by atoms with E-state index in [0.29, 0.717) is 0 Å². The van der Waals surface area contributed by atoms with Gasteiger partial charge >= 0.3 is 0 Å². The molecule has 6 nitrogen and oxygen atoms in total. The molecular formula is C18H20N6. The minimum Gasteiger partial charge on any atom is -0.353 e. The monoisotopic (exact) mass is 320 g/mol. The van der Waals surface area contributed by atoms with Crippen molar-refractivity contribution in [2.75, 3.05) is 31.1 Å². The lowest BCUT2D eigenvalue weighted by molar-refractivity contribution is 0.249. The van der Waals surface area contributed by atoms with Gasteiger partial charge in [-0.05, 0) is 23.8 Å². The van der Waals surface area contributed by atoms with Gasteiger partial charge in [0.2, 0.25) is 0 Å². The molecule has 0 unspecified atom stereocenters. The summed E-state index contributed by atoms with van der Waals surface area (Å²) in [6.07, 6.45) is 9.06. The van der Waals surface area contributed by atoms with Crippen molar-refractivity contribution < 1.29 is 0 Å². The molecule has 24 heavy (non-hydrogen) atoms. The van der Waals surface area contributed by atoms with Gasteiger partial charge in [-0.3, -0.25) is 9.88 Å². The first-order valence-electron chi connectivity index (χ1n) is 8.21. The van der Waals surface area contributed by atoms with Gasteiger partial charge in [-0.15, -0.1) is 0 Å². The first-order valence-corrected chi connectivity index (χ1v) is 8.21. The van der Waals surface area contributed by atoms with E-state index in [9.17, 15) is 0 Å². The van der Waals surface area contributed by atoms with Crippen LogP contribution in [0.15, 0.2) is 61.3 Å². The van der Waals surface area contributed by atoms with Crippen LogP contribution in [0.4, 0.5) is 5.82 Å². The Morgan fingerprint density at radius 3 is 2.42 bits per heavy atom. The van der Waals surface area contributed by atoms with Gasteiger partial charge in [0.25, 0.3) is 0 Å². The van der Waals surface area contributed by atoms with Crippen molar-refractivity contribution in [3.63, 3.8) is 0 Å². The van der Waals surface area contributed by atoms with Crippen LogP contribution in [-0.2, 0) is 6.54 Å². The van der Waals surface area contributed by atoms with E-state index in [-0.39, 0.29) is 0 Å². The summed E-state index contributed by atoms with van der Waals surface area (Å²) in [6.45, 7) is 5.04. The van der Waals surface area contributed by atoms with Crippen LogP contribution in [0.5, 0.6) is 0 Å². The smallest absolute Gasteiger partial charge is 0.147 e. The van der Waals surface area contributed by atoms with Crippen molar-refractivity contribution in [3.05, 3.63) is 66.9 Å². The second kappa shape index (κ2) is 6.80. The maximum atomic E-state index is 4.38. The fraction of sp³-hybridized carbons (Fsp3) is 0.278. The van der Waals surface area contributed by atoms with E-state index in [4.69, 9.17) is 0 Å². The molecule has 1 aliphatic heterocycles. The van der Waals surface area contributed by atoms with Gasteiger partial charge < -0.3 is 4.90 Å². The lowest BCUT2D eigenvalue weighted by Gasteiger charge is -2.35. The quantitative estimate of drug-likeness (QED) is 0.736. The van der Waals surface area contributed by atoms with Crippen LogP contribution in [0.1, 0.15) is 5.56 Å². The van der Waals surface area contributed by atoms with E-state index in [2.05, 4.69) is 49.1 Å². The van der Waals surface area contributed by atoms with Crippen molar-refractivity contribution in [1.29, 1.82) is 0 Å². The van der Waals surface area contributed by atoms with Gasteiger partial charge in [0.1, 0.15) is 5.82 Å². The lowest BCUT2D eigenvalue weighted by atomic mass is 10.2. The summed E-state index contributed by atoms with van der Waals surface area (Å²) in [5.74, 6) is 0.973. The predicted molar refractivity (Wildman–Crippen MR) is 93.1 cm³/mol. The molecular weight excluding hydrogens is 300 g/mol. The van der Waals surface area contributed by atoms with E-state index in [0.717, 1.165) is 44.2 Å². The molecule has 1 aliphatic rings. The highest BCUT2D eigenvalue weighted by Crippen LogP contribution is 2.15. The number of anilines is 1. The van der Waals surface area contributed by atoms with Crippen LogP contribution in [0.2, 0.25) is 0 Å². The number of benzene rings is 1. The van der Waals surface area contributed by atoms with Gasteiger partial charge in [0.15, 0.2) is 0 Å². The number of hydrogen-bond donors (Lipinski definition) is 0. The number of rotatable bonds is 4. The van der Waals surface area contributed by atoms with Gasteiger partial charge in [0.05, 0.1) is 11.9 Å². The fourth-order valence-electron chi connectivity index (χ4n) is 3.02. The molecule has 0 atom stereocenters. The normalized spacial score (nSPS) is 15.6. The van der Waals surface area contributed by atoms with E-state index in [1.54, 1.807) is 18.6 Å². The van der Waals surface area contributed by atoms with E-state index >= 15 is 0 Å². The Labute approximate surface area is 141 Å². The summed E-state index contributed by atoms with van der Waals surface area (Å²) < 4.78 is 1.88. The number of nitrogens with zero attached hydrogens (tertiary/aromatic N) is 6. The SMILES string of the molecule is c1cnn(-c2ccc(CN3CCN(c4cnccn4)CC3)cc2)c1. The summed E-state index contributed by atoms with van der Waals surface area (Å²) in [6, 6.07) is 10.6. The average Bonchev–Trinajstić information content (AvgIpc) is 3.18. The third-order valence-corrected chi connectivity index (χ3v) is 4.36. The van der Waals surface area contributed by atoms with E-state index in [1.165, 1.54) is 5.56 Å². The molecule has 2 aromatic heterocycles. The molecule has 0 spiro atoms. The largest absolute Gasteiger partial charge is 0.353 e. The maximum absolute atomic E-state index is 4.38. The summed E-state index contributed by atoms with van der Waals surface area (Å²) in [7, 11) is 0. The summed E-state index contributed by atoms with van der Waals surface area (Å²) in [4.78, 5) is 13.3. The van der Waals surface area contributed by atoms with E-state index < -0.39 is 0 Å². The molecule has 6 heteroatoms. The molecule has 3 heterocycles. The molecule has 0 aliphatic carbocycles. The predicted octanol–water partition coefficient (Wildman–Crippen LogP) is 1.98. The van der Waals surface area contributed by atoms with Crippen molar-refractivity contribution in [2.24, 2.45) is 0 Å². The number of piperazine rings is 1. The highest BCUT2D eigenvalue weighted by Gasteiger charge is 2.18. The van der Waals surface area contributed by atoms with Crippen molar-refractivity contribution in [3.8, 4) is 5.69 Å². The molecule has 0 N–H and O–H groups in total. The Balaban J connectivity index is 1.34. The van der Waals surface area contributed by atoms with Gasteiger partial charge in [-0.1, -0.05) is 12.1 Å². The van der Waals surface area contributed by atoms with Crippen molar-refractivity contribution in [1.82, 2.24) is 24.6 Å². The minimum atomic E-state index is 0.973. The average molecular weight is 320 g/mol. The Bertz CT molecular complexity index is 746. The molecule has 122 valence electrons. The summed E-state index contributed by atoms with van der Waals surface area (Å²) >= 11 is 0. The second-order valence-electron chi connectivity index (χ2n) is 5.94. The Hall–Kier alpha value is -2.73. The Morgan fingerprint density at radius 2 is 1.75 bits per heavy atom. The van der Waals surface area contributed by atoms with Crippen LogP contribution in [0.3, 0.4) is 0 Å². The van der Waals surface area contributed by atoms with Gasteiger partial charge in [-0.25, -0.2) is 9.67 Å². The molecule has 4 rings (SSSR count). The molecule has 1 aromatic carbocycles. The zero-order valence-corrected chi connectivity index (χ0v) is 13.5. The minimum absolute atomic E-state index is 0.973. The molecule has 0 radical (unpaired) electrons. The fourth-order valence-corrected chi connectivity index (χ4v) is 3.02. The van der Waals surface area contributed by atoms with Crippen LogP contribution in [0, 0.1) is 0 Å². The van der Waals surface area contributed by atoms with Crippen molar-refractivity contribution in [2.45, 2.75) is 6.54 Å². The standard InChI is InChI=1S/C18H20N6/c1-6-21-24(9-1)17-4-2-16(3-5-17)15-22-10-12-23(13-11-22)18-14-19-7-8-20-18/h1-9,14H,10-13,15H2. The van der Waals surface area contributed by atoms with Crippen LogP contribution in [-0.4, -0.2) is 50.8 Å². The third kappa shape index (κ3) is 3.28. The van der Waals surface area contributed by atoms with Gasteiger partial charge in [-0.2, -0.15) is 5.10 Å². The van der Waals surface area contributed by atoms with Crippen LogP contribution >= 0.6 is 0 Å². The molecule has 3 aromatic rings. The Kier molecular flexibility index (Phi) is 4.20. The van der Waals surface area contributed by atoms with Crippen molar-refractivity contribution >= 4 is 5.82 Å². The first kappa shape index (κ1) is 14.8. The Morgan fingerprint density at radius 1 is 0.917 bits per heavy atom. The summed E-state index contributed by atoms with van der Waals surface area (Å²) in [5.41, 5.74) is 2.43. The number of aromatic nitrogens is 4.